The lowest BCUT2D eigenvalue weighted by Crippen LogP contribution is -1.99. The summed E-state index contributed by atoms with van der Waals surface area (Å²) in [4.78, 5) is 10.9. The van der Waals surface area contributed by atoms with Crippen molar-refractivity contribution in [3.05, 3.63) is 35.1 Å². The highest BCUT2D eigenvalue weighted by Gasteiger charge is 2.16. The van der Waals surface area contributed by atoms with Crippen LogP contribution in [-0.4, -0.2) is 5.97 Å². The van der Waals surface area contributed by atoms with Crippen LogP contribution in [0.3, 0.4) is 0 Å². The molecule has 0 radical (unpaired) electrons. The first-order chi connectivity index (χ1) is 7.15. The van der Waals surface area contributed by atoms with Crippen LogP contribution in [0.2, 0.25) is 0 Å². The quantitative estimate of drug-likeness (QED) is 0.519. The molecule has 1 rings (SSSR count). The Hall–Kier alpha value is -1.31. The molecule has 0 saturated heterocycles. The van der Waals surface area contributed by atoms with Gasteiger partial charge in [-0.15, -0.1) is 0 Å². The molecule has 0 N–H and O–H groups in total. The standard InChI is InChI=1S/C13H18O2/c1-4-5-6-7-12-10(2)8-9-13(12)15-11(3)14/h5-6,9H,4,7-8H2,1-3H3. The number of allylic oxidation sites excluding steroid dienone is 5. The molecule has 82 valence electrons. The number of ether oxygens (including phenoxy) is 1. The fourth-order valence-corrected chi connectivity index (χ4v) is 1.60. The Balaban J connectivity index is 2.66. The molecule has 0 aromatic heterocycles. The predicted molar refractivity (Wildman–Crippen MR) is 61.2 cm³/mol. The van der Waals surface area contributed by atoms with E-state index in [4.69, 9.17) is 4.74 Å². The van der Waals surface area contributed by atoms with Crippen LogP contribution in [0.5, 0.6) is 0 Å². The Kier molecular flexibility index (Phi) is 4.35. The van der Waals surface area contributed by atoms with E-state index in [0.717, 1.165) is 30.6 Å². The van der Waals surface area contributed by atoms with E-state index in [-0.39, 0.29) is 5.97 Å². The van der Waals surface area contributed by atoms with Crippen LogP contribution in [0.15, 0.2) is 35.1 Å². The molecule has 0 atom stereocenters. The van der Waals surface area contributed by atoms with E-state index in [2.05, 4.69) is 26.0 Å². The number of carbonyl (C=O) groups excluding carboxylic acids is 1. The van der Waals surface area contributed by atoms with Crippen LogP contribution in [0.1, 0.15) is 40.0 Å². The van der Waals surface area contributed by atoms with Gasteiger partial charge in [-0.25, -0.2) is 0 Å². The molecular formula is C13H18O2. The van der Waals surface area contributed by atoms with Crippen molar-refractivity contribution < 1.29 is 9.53 Å². The van der Waals surface area contributed by atoms with Crippen molar-refractivity contribution in [1.29, 1.82) is 0 Å². The summed E-state index contributed by atoms with van der Waals surface area (Å²) >= 11 is 0. The number of rotatable bonds is 4. The highest BCUT2D eigenvalue weighted by atomic mass is 16.5. The van der Waals surface area contributed by atoms with Crippen LogP contribution in [0, 0.1) is 0 Å². The maximum absolute atomic E-state index is 10.9. The molecule has 15 heavy (non-hydrogen) atoms. The Morgan fingerprint density at radius 3 is 2.87 bits per heavy atom. The second kappa shape index (κ2) is 5.54. The smallest absolute Gasteiger partial charge is 0.308 e. The zero-order valence-electron chi connectivity index (χ0n) is 9.67. The summed E-state index contributed by atoms with van der Waals surface area (Å²) in [6, 6.07) is 0. The first-order valence-corrected chi connectivity index (χ1v) is 5.37. The van der Waals surface area contributed by atoms with Gasteiger partial charge in [-0.2, -0.15) is 0 Å². The third kappa shape index (κ3) is 3.39. The summed E-state index contributed by atoms with van der Waals surface area (Å²) in [5, 5.41) is 0. The molecular weight excluding hydrogens is 188 g/mol. The van der Waals surface area contributed by atoms with Crippen molar-refractivity contribution in [3.8, 4) is 0 Å². The zero-order valence-corrected chi connectivity index (χ0v) is 9.67. The zero-order chi connectivity index (χ0) is 11.3. The van der Waals surface area contributed by atoms with Crippen molar-refractivity contribution >= 4 is 5.97 Å². The molecule has 0 aliphatic heterocycles. The molecule has 0 saturated carbocycles. The second-order valence-electron chi connectivity index (χ2n) is 3.71. The van der Waals surface area contributed by atoms with Gasteiger partial charge >= 0.3 is 5.97 Å². The van der Waals surface area contributed by atoms with Gasteiger partial charge in [0.1, 0.15) is 5.76 Å². The summed E-state index contributed by atoms with van der Waals surface area (Å²) in [5.41, 5.74) is 2.46. The van der Waals surface area contributed by atoms with Crippen molar-refractivity contribution in [2.24, 2.45) is 0 Å². The number of hydrogen-bond acceptors (Lipinski definition) is 2. The van der Waals surface area contributed by atoms with Gasteiger partial charge in [-0.1, -0.05) is 24.6 Å². The normalized spacial score (nSPS) is 16.1. The van der Waals surface area contributed by atoms with Crippen LogP contribution in [0.4, 0.5) is 0 Å². The lowest BCUT2D eigenvalue weighted by atomic mass is 10.1. The summed E-state index contributed by atoms with van der Waals surface area (Å²) < 4.78 is 5.16. The molecule has 0 fully saturated rings. The van der Waals surface area contributed by atoms with Gasteiger partial charge in [0, 0.05) is 6.92 Å². The average molecular weight is 206 g/mol. The Morgan fingerprint density at radius 1 is 1.53 bits per heavy atom. The summed E-state index contributed by atoms with van der Waals surface area (Å²) in [6.45, 7) is 5.63. The van der Waals surface area contributed by atoms with E-state index in [1.807, 2.05) is 6.08 Å². The van der Waals surface area contributed by atoms with Crippen LogP contribution in [-0.2, 0) is 9.53 Å². The maximum Gasteiger partial charge on any atom is 0.308 e. The van der Waals surface area contributed by atoms with Gasteiger partial charge in [0.15, 0.2) is 0 Å². The molecule has 2 heteroatoms. The van der Waals surface area contributed by atoms with Gasteiger partial charge in [-0.3, -0.25) is 4.79 Å². The van der Waals surface area contributed by atoms with E-state index in [1.165, 1.54) is 12.5 Å². The first-order valence-electron chi connectivity index (χ1n) is 5.37. The van der Waals surface area contributed by atoms with Crippen molar-refractivity contribution in [1.82, 2.24) is 0 Å². The van der Waals surface area contributed by atoms with Gasteiger partial charge in [0.05, 0.1) is 0 Å². The Bertz CT molecular complexity index is 332. The van der Waals surface area contributed by atoms with Gasteiger partial charge in [0.2, 0.25) is 0 Å². The summed E-state index contributed by atoms with van der Waals surface area (Å²) in [6.07, 6.45) is 9.03. The van der Waals surface area contributed by atoms with E-state index < -0.39 is 0 Å². The molecule has 0 heterocycles. The van der Waals surface area contributed by atoms with E-state index in [9.17, 15) is 4.79 Å². The predicted octanol–water partition coefficient (Wildman–Crippen LogP) is 3.51. The topological polar surface area (TPSA) is 26.3 Å². The monoisotopic (exact) mass is 206 g/mol. The molecule has 0 aromatic carbocycles. The molecule has 1 aliphatic carbocycles. The number of esters is 1. The molecule has 1 aliphatic rings. The minimum atomic E-state index is -0.243. The van der Waals surface area contributed by atoms with Crippen molar-refractivity contribution in [2.75, 3.05) is 0 Å². The van der Waals surface area contributed by atoms with Crippen LogP contribution in [0.25, 0.3) is 0 Å². The third-order valence-electron chi connectivity index (χ3n) is 2.38. The molecule has 2 nitrogen and oxygen atoms in total. The van der Waals surface area contributed by atoms with Crippen LogP contribution < -0.4 is 0 Å². The Morgan fingerprint density at radius 2 is 2.27 bits per heavy atom. The molecule has 0 bridgehead atoms. The third-order valence-corrected chi connectivity index (χ3v) is 2.38. The van der Waals surface area contributed by atoms with E-state index in [1.54, 1.807) is 0 Å². The Labute approximate surface area is 91.3 Å². The molecule has 0 spiro atoms. The molecule has 0 aromatic rings. The van der Waals surface area contributed by atoms with Gasteiger partial charge in [-0.05, 0) is 37.8 Å². The van der Waals surface area contributed by atoms with Gasteiger partial charge < -0.3 is 4.74 Å². The minimum Gasteiger partial charge on any atom is -0.427 e. The number of carbonyl (C=O) groups is 1. The average Bonchev–Trinajstić information content (AvgIpc) is 2.49. The SMILES string of the molecule is CCC=CCC1=C(C)CC=C1OC(C)=O. The van der Waals surface area contributed by atoms with E-state index >= 15 is 0 Å². The largest absolute Gasteiger partial charge is 0.427 e. The summed E-state index contributed by atoms with van der Waals surface area (Å²) in [7, 11) is 0. The van der Waals surface area contributed by atoms with Crippen molar-refractivity contribution in [3.63, 3.8) is 0 Å². The van der Waals surface area contributed by atoms with Gasteiger partial charge in [0.25, 0.3) is 0 Å². The fourth-order valence-electron chi connectivity index (χ4n) is 1.60. The van der Waals surface area contributed by atoms with Crippen LogP contribution >= 0.6 is 0 Å². The second-order valence-corrected chi connectivity index (χ2v) is 3.71. The summed E-state index contributed by atoms with van der Waals surface area (Å²) in [5.74, 6) is 0.508. The van der Waals surface area contributed by atoms with Crippen molar-refractivity contribution in [2.45, 2.75) is 40.0 Å². The first kappa shape index (κ1) is 11.8. The highest BCUT2D eigenvalue weighted by molar-refractivity contribution is 5.68. The minimum absolute atomic E-state index is 0.243. The fraction of sp³-hybridized carbons (Fsp3) is 0.462. The lowest BCUT2D eigenvalue weighted by molar-refractivity contribution is -0.136. The number of hydrogen-bond donors (Lipinski definition) is 0. The van der Waals surface area contributed by atoms with E-state index in [0.29, 0.717) is 0 Å². The lowest BCUT2D eigenvalue weighted by Gasteiger charge is -2.07. The maximum atomic E-state index is 10.9. The highest BCUT2D eigenvalue weighted by Crippen LogP contribution is 2.29. The molecule has 0 amide bonds. The molecule has 0 unspecified atom stereocenters.